The molecule has 0 spiro atoms. The molecule has 1 unspecified atom stereocenters. The molecule has 1 aliphatic heterocycles. The van der Waals surface area contributed by atoms with E-state index in [-0.39, 0.29) is 40.1 Å². The van der Waals surface area contributed by atoms with Crippen molar-refractivity contribution in [1.29, 1.82) is 0 Å². The first-order chi connectivity index (χ1) is 13.7. The molecule has 1 fully saturated rings. The van der Waals surface area contributed by atoms with Crippen molar-refractivity contribution in [1.82, 2.24) is 4.90 Å². The quantitative estimate of drug-likeness (QED) is 0.386. The van der Waals surface area contributed by atoms with Gasteiger partial charge in [-0.15, -0.1) is 0 Å². The summed E-state index contributed by atoms with van der Waals surface area (Å²) in [5.41, 5.74) is -0.983. The van der Waals surface area contributed by atoms with Crippen LogP contribution in [0.25, 0.3) is 0 Å². The van der Waals surface area contributed by atoms with Crippen LogP contribution in [0.1, 0.15) is 16.8 Å². The molecule has 10 heteroatoms. The molecule has 0 saturated carbocycles. The van der Waals surface area contributed by atoms with Crippen molar-refractivity contribution in [3.05, 3.63) is 57.6 Å². The number of ketones is 1. The third-order valence-electron chi connectivity index (χ3n) is 4.56. The van der Waals surface area contributed by atoms with Crippen LogP contribution in [0.4, 0.5) is 28.9 Å². The molecule has 1 saturated heterocycles. The van der Waals surface area contributed by atoms with Crippen molar-refractivity contribution in [2.24, 2.45) is 0 Å². The molecule has 156 valence electrons. The fourth-order valence-electron chi connectivity index (χ4n) is 3.22. The molecule has 0 radical (unpaired) electrons. The van der Waals surface area contributed by atoms with Crippen molar-refractivity contribution in [2.45, 2.75) is 19.1 Å². The molecule has 1 N–H and O–H groups in total. The van der Waals surface area contributed by atoms with Gasteiger partial charge in [0.2, 0.25) is 0 Å². The molecule has 1 atom stereocenters. The predicted molar refractivity (Wildman–Crippen MR) is 102 cm³/mol. The highest BCUT2D eigenvalue weighted by Gasteiger charge is 2.28. The highest BCUT2D eigenvalue weighted by atomic mass is 35.5. The van der Waals surface area contributed by atoms with E-state index in [4.69, 9.17) is 23.2 Å². The van der Waals surface area contributed by atoms with Crippen LogP contribution in [-0.2, 0) is 0 Å². The number of carbonyl (C=O) groups excluding carboxylic acids is 1. The summed E-state index contributed by atoms with van der Waals surface area (Å²) >= 11 is 11.8. The first-order valence-electron chi connectivity index (χ1n) is 8.62. The van der Waals surface area contributed by atoms with Gasteiger partial charge in [-0.1, -0.05) is 23.2 Å². The van der Waals surface area contributed by atoms with Crippen molar-refractivity contribution in [3.8, 4) is 0 Å². The molecule has 2 aromatic carbocycles. The van der Waals surface area contributed by atoms with Crippen LogP contribution in [0, 0.1) is 11.6 Å². The van der Waals surface area contributed by atoms with E-state index >= 15 is 0 Å². The Morgan fingerprint density at radius 2 is 1.86 bits per heavy atom. The number of hydrogen-bond acceptors (Lipinski definition) is 4. The minimum Gasteiger partial charge on any atom is -0.392 e. The van der Waals surface area contributed by atoms with Crippen LogP contribution in [0.3, 0.4) is 0 Å². The van der Waals surface area contributed by atoms with Crippen LogP contribution in [0.5, 0.6) is 0 Å². The van der Waals surface area contributed by atoms with Crippen LogP contribution >= 0.6 is 23.2 Å². The van der Waals surface area contributed by atoms with E-state index in [1.807, 2.05) is 0 Å². The Balaban J connectivity index is 1.97. The summed E-state index contributed by atoms with van der Waals surface area (Å²) in [6.07, 6.45) is -0.0626. The Morgan fingerprint density at radius 3 is 2.41 bits per heavy atom. The summed E-state index contributed by atoms with van der Waals surface area (Å²) < 4.78 is 55.4. The van der Waals surface area contributed by atoms with Crippen LogP contribution < -0.4 is 4.90 Å². The SMILES string of the molecule is O=C(CN1CCC(O)C1)c1cc(N(c2c(Cl)cc(F)cc2Cl)C(F)F)ccc1F. The summed E-state index contributed by atoms with van der Waals surface area (Å²) in [5, 5.41) is 8.82. The lowest BCUT2D eigenvalue weighted by Crippen LogP contribution is -2.29. The minimum atomic E-state index is -3.15. The standard InChI is InChI=1S/C19H16Cl2F4N2O2/c20-14-5-10(22)6-15(21)18(14)27(19(24)25)11-1-2-16(23)13(7-11)17(29)9-26-4-3-12(28)8-26/h1-2,5-7,12,19,28H,3-4,8-9H2. The number of nitrogens with zero attached hydrogens (tertiary/aromatic N) is 2. The Morgan fingerprint density at radius 1 is 1.21 bits per heavy atom. The predicted octanol–water partition coefficient (Wildman–Crippen LogP) is 4.88. The molecule has 4 nitrogen and oxygen atoms in total. The van der Waals surface area contributed by atoms with E-state index in [1.54, 1.807) is 4.90 Å². The Labute approximate surface area is 174 Å². The summed E-state index contributed by atoms with van der Waals surface area (Å²) in [7, 11) is 0. The molecule has 3 rings (SSSR count). The minimum absolute atomic E-state index is 0.163. The summed E-state index contributed by atoms with van der Waals surface area (Å²) in [5.74, 6) is -2.30. The van der Waals surface area contributed by atoms with E-state index in [9.17, 15) is 27.5 Å². The molecule has 1 aliphatic rings. The maximum absolute atomic E-state index is 14.3. The lowest BCUT2D eigenvalue weighted by Gasteiger charge is -2.26. The summed E-state index contributed by atoms with van der Waals surface area (Å²) in [4.78, 5) is 14.6. The molecule has 0 aliphatic carbocycles. The van der Waals surface area contributed by atoms with Crippen molar-refractivity contribution in [2.75, 3.05) is 24.5 Å². The molecule has 0 amide bonds. The molecule has 0 aromatic heterocycles. The van der Waals surface area contributed by atoms with Gasteiger partial charge < -0.3 is 5.11 Å². The molecule has 1 heterocycles. The number of halogens is 6. The smallest absolute Gasteiger partial charge is 0.319 e. The van der Waals surface area contributed by atoms with Gasteiger partial charge in [0.25, 0.3) is 0 Å². The van der Waals surface area contributed by atoms with E-state index in [2.05, 4.69) is 0 Å². The zero-order chi connectivity index (χ0) is 21.3. The van der Waals surface area contributed by atoms with Crippen molar-refractivity contribution < 1.29 is 27.5 Å². The second-order valence-electron chi connectivity index (χ2n) is 6.63. The maximum Gasteiger partial charge on any atom is 0.319 e. The number of aliphatic hydroxyl groups is 1. The normalized spacial score (nSPS) is 17.2. The molecule has 29 heavy (non-hydrogen) atoms. The van der Waals surface area contributed by atoms with E-state index < -0.39 is 30.1 Å². The van der Waals surface area contributed by atoms with Gasteiger partial charge in [-0.2, -0.15) is 8.78 Å². The van der Waals surface area contributed by atoms with E-state index in [1.165, 1.54) is 0 Å². The van der Waals surface area contributed by atoms with Crippen molar-refractivity contribution in [3.63, 3.8) is 0 Å². The van der Waals surface area contributed by atoms with Crippen LogP contribution in [0.15, 0.2) is 30.3 Å². The second-order valence-corrected chi connectivity index (χ2v) is 7.45. The highest BCUT2D eigenvalue weighted by molar-refractivity contribution is 6.39. The lowest BCUT2D eigenvalue weighted by molar-refractivity contribution is 0.0930. The second kappa shape index (κ2) is 8.87. The summed E-state index contributed by atoms with van der Waals surface area (Å²) in [6, 6.07) is 4.57. The van der Waals surface area contributed by atoms with Gasteiger partial charge in [-0.3, -0.25) is 14.6 Å². The lowest BCUT2D eigenvalue weighted by atomic mass is 10.1. The number of benzene rings is 2. The van der Waals surface area contributed by atoms with Crippen LogP contribution in [-0.4, -0.2) is 48.1 Å². The van der Waals surface area contributed by atoms with Crippen molar-refractivity contribution >= 4 is 40.4 Å². The monoisotopic (exact) mass is 450 g/mol. The first kappa shape index (κ1) is 21.8. The Bertz CT molecular complexity index is 906. The van der Waals surface area contributed by atoms with Gasteiger partial charge in [0, 0.05) is 18.8 Å². The number of likely N-dealkylation sites (tertiary alicyclic amines) is 1. The molecular formula is C19H16Cl2F4N2O2. The van der Waals surface area contributed by atoms with Gasteiger partial charge in [0.15, 0.2) is 5.78 Å². The zero-order valence-electron chi connectivity index (χ0n) is 14.9. The zero-order valence-corrected chi connectivity index (χ0v) is 16.4. The Kier molecular flexibility index (Phi) is 6.68. The fraction of sp³-hybridized carbons (Fsp3) is 0.316. The number of rotatable bonds is 6. The number of hydrogen-bond donors (Lipinski definition) is 1. The van der Waals surface area contributed by atoms with Gasteiger partial charge in [0.1, 0.15) is 11.6 Å². The number of alkyl halides is 2. The van der Waals surface area contributed by atoms with Gasteiger partial charge >= 0.3 is 6.55 Å². The third-order valence-corrected chi connectivity index (χ3v) is 5.14. The van der Waals surface area contributed by atoms with Gasteiger partial charge in [-0.05, 0) is 36.8 Å². The number of anilines is 2. The highest BCUT2D eigenvalue weighted by Crippen LogP contribution is 2.41. The van der Waals surface area contributed by atoms with Gasteiger partial charge in [0.05, 0.1) is 33.9 Å². The Hall–Kier alpha value is -1.87. The van der Waals surface area contributed by atoms with Crippen LogP contribution in [0.2, 0.25) is 10.0 Å². The number of β-amino-alcohol motifs (C(OH)–C–C–N with tert-alkyl or cyclic N) is 1. The average Bonchev–Trinajstić information content (AvgIpc) is 3.03. The van der Waals surface area contributed by atoms with E-state index in [0.717, 1.165) is 30.3 Å². The number of aliphatic hydroxyl groups excluding tert-OH is 1. The number of Topliss-reactive ketones (excluding diaryl/α,β-unsaturated/α-hetero) is 1. The molecular weight excluding hydrogens is 435 g/mol. The average molecular weight is 451 g/mol. The largest absolute Gasteiger partial charge is 0.392 e. The number of carbonyl (C=O) groups is 1. The third kappa shape index (κ3) is 4.83. The van der Waals surface area contributed by atoms with E-state index in [0.29, 0.717) is 17.9 Å². The summed E-state index contributed by atoms with van der Waals surface area (Å²) in [6.45, 7) is -2.57. The first-order valence-corrected chi connectivity index (χ1v) is 9.38. The molecule has 0 bridgehead atoms. The topological polar surface area (TPSA) is 43.8 Å². The fourth-order valence-corrected chi connectivity index (χ4v) is 3.87. The van der Waals surface area contributed by atoms with Gasteiger partial charge in [-0.25, -0.2) is 8.78 Å². The maximum atomic E-state index is 14.3. The molecule has 2 aromatic rings.